The molecule has 0 spiro atoms. The van der Waals surface area contributed by atoms with Crippen LogP contribution in [0.15, 0.2) is 41.5 Å². The number of hydrogen-bond acceptors (Lipinski definition) is 5. The van der Waals surface area contributed by atoms with Gasteiger partial charge in [0.05, 0.1) is 18.1 Å². The van der Waals surface area contributed by atoms with Crippen molar-refractivity contribution in [2.24, 2.45) is 5.10 Å². The molecule has 2 aromatic rings. The third kappa shape index (κ3) is 5.04. The van der Waals surface area contributed by atoms with E-state index in [1.165, 1.54) is 0 Å². The summed E-state index contributed by atoms with van der Waals surface area (Å²) in [5.74, 6) is -0.819. The predicted molar refractivity (Wildman–Crippen MR) is 103 cm³/mol. The molecule has 3 rings (SSSR count). The highest BCUT2D eigenvalue weighted by Gasteiger charge is 2.16. The van der Waals surface area contributed by atoms with Crippen LogP contribution in [0.4, 0.5) is 0 Å². The molecule has 0 radical (unpaired) electrons. The van der Waals surface area contributed by atoms with E-state index in [4.69, 9.17) is 4.74 Å². The van der Waals surface area contributed by atoms with Crippen molar-refractivity contribution in [2.75, 3.05) is 13.2 Å². The van der Waals surface area contributed by atoms with E-state index < -0.39 is 5.91 Å². The Balaban J connectivity index is 1.55. The van der Waals surface area contributed by atoms with Crippen LogP contribution in [0, 0.1) is 0 Å². The first-order valence-corrected chi connectivity index (χ1v) is 8.96. The molecule has 142 valence electrons. The molecule has 2 amide bonds. The quantitative estimate of drug-likeness (QED) is 0.537. The summed E-state index contributed by atoms with van der Waals surface area (Å²) in [6.45, 7) is 2.89. The SMILES string of the molecule is CC(CC(=O)NCC1CCCO1)=NNC(=O)c1cc2ccccc2cc1O. The van der Waals surface area contributed by atoms with Gasteiger partial charge in [0.1, 0.15) is 5.75 Å². The fraction of sp³-hybridized carbons (Fsp3) is 0.350. The van der Waals surface area contributed by atoms with Crippen LogP contribution in [0.3, 0.4) is 0 Å². The van der Waals surface area contributed by atoms with Crippen LogP contribution in [0.2, 0.25) is 0 Å². The highest BCUT2D eigenvalue weighted by atomic mass is 16.5. The van der Waals surface area contributed by atoms with Crippen molar-refractivity contribution >= 4 is 28.3 Å². The van der Waals surface area contributed by atoms with Gasteiger partial charge < -0.3 is 15.2 Å². The molecule has 2 aromatic carbocycles. The molecule has 1 fully saturated rings. The summed E-state index contributed by atoms with van der Waals surface area (Å²) in [6, 6.07) is 10.6. The molecular formula is C20H23N3O4. The van der Waals surface area contributed by atoms with Crippen molar-refractivity contribution in [3.05, 3.63) is 42.0 Å². The maximum atomic E-state index is 12.3. The van der Waals surface area contributed by atoms with Crippen LogP contribution >= 0.6 is 0 Å². The molecule has 0 aliphatic carbocycles. The molecule has 1 aliphatic heterocycles. The lowest BCUT2D eigenvalue weighted by atomic mass is 10.1. The molecular weight excluding hydrogens is 346 g/mol. The van der Waals surface area contributed by atoms with Crippen molar-refractivity contribution in [1.82, 2.24) is 10.7 Å². The number of rotatable bonds is 6. The summed E-state index contributed by atoms with van der Waals surface area (Å²) < 4.78 is 5.45. The van der Waals surface area contributed by atoms with Crippen LogP contribution in [-0.2, 0) is 9.53 Å². The fourth-order valence-electron chi connectivity index (χ4n) is 2.98. The van der Waals surface area contributed by atoms with E-state index in [1.54, 1.807) is 19.1 Å². The number of phenols is 1. The maximum absolute atomic E-state index is 12.3. The molecule has 27 heavy (non-hydrogen) atoms. The van der Waals surface area contributed by atoms with Gasteiger partial charge in [-0.1, -0.05) is 24.3 Å². The first kappa shape index (κ1) is 18.8. The predicted octanol–water partition coefficient (Wildman–Crippen LogP) is 2.34. The molecule has 0 bridgehead atoms. The van der Waals surface area contributed by atoms with Crippen LogP contribution in [0.25, 0.3) is 10.8 Å². The van der Waals surface area contributed by atoms with E-state index in [0.717, 1.165) is 30.2 Å². The number of phenolic OH excluding ortho intramolecular Hbond substituents is 1. The number of carbonyl (C=O) groups is 2. The van der Waals surface area contributed by atoms with Crippen molar-refractivity contribution in [3.8, 4) is 5.75 Å². The third-order valence-electron chi connectivity index (χ3n) is 4.42. The number of benzene rings is 2. The smallest absolute Gasteiger partial charge is 0.275 e. The van der Waals surface area contributed by atoms with Gasteiger partial charge in [0.15, 0.2) is 0 Å². The number of ether oxygens (including phenoxy) is 1. The van der Waals surface area contributed by atoms with Gasteiger partial charge in [-0.05, 0) is 42.7 Å². The Morgan fingerprint density at radius 3 is 2.70 bits per heavy atom. The minimum atomic E-state index is -0.530. The highest BCUT2D eigenvalue weighted by molar-refractivity contribution is 6.03. The summed E-state index contributed by atoms with van der Waals surface area (Å²) in [7, 11) is 0. The number of fused-ring (bicyclic) bond motifs is 1. The van der Waals surface area contributed by atoms with Gasteiger partial charge in [-0.3, -0.25) is 9.59 Å². The van der Waals surface area contributed by atoms with E-state index >= 15 is 0 Å². The van der Waals surface area contributed by atoms with Gasteiger partial charge in [-0.25, -0.2) is 5.43 Å². The highest BCUT2D eigenvalue weighted by Crippen LogP contribution is 2.24. The van der Waals surface area contributed by atoms with E-state index in [9.17, 15) is 14.7 Å². The number of aromatic hydroxyl groups is 1. The lowest BCUT2D eigenvalue weighted by molar-refractivity contribution is -0.120. The molecule has 1 unspecified atom stereocenters. The Labute approximate surface area is 157 Å². The zero-order chi connectivity index (χ0) is 19.2. The Morgan fingerprint density at radius 2 is 2.00 bits per heavy atom. The number of amides is 2. The van der Waals surface area contributed by atoms with Crippen LogP contribution < -0.4 is 10.7 Å². The summed E-state index contributed by atoms with van der Waals surface area (Å²) >= 11 is 0. The van der Waals surface area contributed by atoms with Crippen molar-refractivity contribution in [3.63, 3.8) is 0 Å². The largest absolute Gasteiger partial charge is 0.507 e. The Hall–Kier alpha value is -2.93. The number of nitrogens with zero attached hydrogens (tertiary/aromatic N) is 1. The number of hydrazone groups is 1. The van der Waals surface area contributed by atoms with Crippen molar-refractivity contribution in [1.29, 1.82) is 0 Å². The minimum absolute atomic E-state index is 0.0801. The number of carbonyl (C=O) groups excluding carboxylic acids is 2. The molecule has 0 saturated carbocycles. The normalized spacial score (nSPS) is 17.1. The van der Waals surface area contributed by atoms with Crippen LogP contribution in [-0.4, -0.2) is 41.9 Å². The molecule has 0 aromatic heterocycles. The van der Waals surface area contributed by atoms with E-state index in [2.05, 4.69) is 15.8 Å². The zero-order valence-electron chi connectivity index (χ0n) is 15.2. The van der Waals surface area contributed by atoms with Gasteiger partial charge in [-0.15, -0.1) is 0 Å². The van der Waals surface area contributed by atoms with E-state index in [0.29, 0.717) is 12.3 Å². The van der Waals surface area contributed by atoms with Crippen LogP contribution in [0.5, 0.6) is 5.75 Å². The molecule has 1 atom stereocenters. The summed E-state index contributed by atoms with van der Waals surface area (Å²) in [5.41, 5.74) is 2.99. The van der Waals surface area contributed by atoms with Gasteiger partial charge in [0.2, 0.25) is 5.91 Å². The molecule has 1 heterocycles. The van der Waals surface area contributed by atoms with Gasteiger partial charge >= 0.3 is 0 Å². The molecule has 1 saturated heterocycles. The Bertz CT molecular complexity index is 873. The minimum Gasteiger partial charge on any atom is -0.507 e. The van der Waals surface area contributed by atoms with Gasteiger partial charge in [-0.2, -0.15) is 5.10 Å². The second-order valence-corrected chi connectivity index (χ2v) is 6.62. The average Bonchev–Trinajstić information content (AvgIpc) is 3.17. The van der Waals surface area contributed by atoms with Crippen LogP contribution in [0.1, 0.15) is 36.5 Å². The van der Waals surface area contributed by atoms with E-state index in [-0.39, 0.29) is 29.7 Å². The number of nitrogens with one attached hydrogen (secondary N) is 2. The topological polar surface area (TPSA) is 100 Å². The lowest BCUT2D eigenvalue weighted by Gasteiger charge is -2.10. The molecule has 1 aliphatic rings. The first-order chi connectivity index (χ1) is 13.0. The molecule has 3 N–H and O–H groups in total. The van der Waals surface area contributed by atoms with E-state index in [1.807, 2.05) is 24.3 Å². The number of hydrogen-bond donors (Lipinski definition) is 3. The summed E-state index contributed by atoms with van der Waals surface area (Å²) in [5, 5.41) is 18.5. The maximum Gasteiger partial charge on any atom is 0.275 e. The standard InChI is InChI=1S/C20H23N3O4/c1-13(9-19(25)21-12-16-7-4-8-27-16)22-23-20(26)17-10-14-5-2-3-6-15(14)11-18(17)24/h2-3,5-6,10-11,16,24H,4,7-9,12H2,1H3,(H,21,25)(H,23,26). The Morgan fingerprint density at radius 1 is 1.26 bits per heavy atom. The Kier molecular flexibility index (Phi) is 6.03. The van der Waals surface area contributed by atoms with Gasteiger partial charge in [0, 0.05) is 18.9 Å². The van der Waals surface area contributed by atoms with Gasteiger partial charge in [0.25, 0.3) is 5.91 Å². The monoisotopic (exact) mass is 369 g/mol. The fourth-order valence-corrected chi connectivity index (χ4v) is 2.98. The molecule has 7 nitrogen and oxygen atoms in total. The van der Waals surface area contributed by atoms with Crippen molar-refractivity contribution < 1.29 is 19.4 Å². The molecule has 7 heteroatoms. The second-order valence-electron chi connectivity index (χ2n) is 6.62. The second kappa shape index (κ2) is 8.64. The lowest BCUT2D eigenvalue weighted by Crippen LogP contribution is -2.33. The zero-order valence-corrected chi connectivity index (χ0v) is 15.2. The van der Waals surface area contributed by atoms with Crippen molar-refractivity contribution in [2.45, 2.75) is 32.3 Å². The third-order valence-corrected chi connectivity index (χ3v) is 4.42. The average molecular weight is 369 g/mol. The first-order valence-electron chi connectivity index (χ1n) is 8.96. The summed E-state index contributed by atoms with van der Waals surface area (Å²) in [4.78, 5) is 24.2. The summed E-state index contributed by atoms with van der Waals surface area (Å²) in [6.07, 6.45) is 2.14.